The number of nitroso groups, excluding NO2 is 1. The van der Waals surface area contributed by atoms with Gasteiger partial charge in [0.1, 0.15) is 5.65 Å². The zero-order valence-corrected chi connectivity index (χ0v) is 23.6. The smallest absolute Gasteiger partial charge is 0.273 e. The third-order valence-electron chi connectivity index (χ3n) is 8.67. The lowest BCUT2D eigenvalue weighted by Gasteiger charge is -2.37. The third kappa shape index (κ3) is 6.01. The Balaban J connectivity index is 1.11. The third-order valence-corrected chi connectivity index (χ3v) is 8.67. The lowest BCUT2D eigenvalue weighted by molar-refractivity contribution is 0.0954. The van der Waals surface area contributed by atoms with Crippen LogP contribution in [0, 0.1) is 4.91 Å². The van der Waals surface area contributed by atoms with Crippen molar-refractivity contribution in [2.24, 2.45) is 5.29 Å². The average molecular weight is 552 g/mol. The molecule has 6 rings (SSSR count). The molecule has 4 aromatic rings. The van der Waals surface area contributed by atoms with Crippen molar-refractivity contribution in [3.05, 3.63) is 100 Å². The van der Waals surface area contributed by atoms with E-state index in [4.69, 9.17) is 4.98 Å². The van der Waals surface area contributed by atoms with Crippen molar-refractivity contribution in [1.29, 1.82) is 0 Å². The van der Waals surface area contributed by atoms with E-state index in [1.165, 1.54) is 22.2 Å². The Kier molecular flexibility index (Phi) is 8.07. The van der Waals surface area contributed by atoms with Gasteiger partial charge < -0.3 is 14.4 Å². The van der Waals surface area contributed by atoms with Crippen LogP contribution in [-0.2, 0) is 13.1 Å². The molecule has 9 nitrogen and oxygen atoms in total. The first-order chi connectivity index (χ1) is 20.1. The number of amides is 1. The lowest BCUT2D eigenvalue weighted by atomic mass is 9.88. The number of rotatable bonds is 8. The Bertz CT molecular complexity index is 1500. The van der Waals surface area contributed by atoms with E-state index in [1.54, 1.807) is 12.1 Å². The van der Waals surface area contributed by atoms with E-state index < -0.39 is 5.91 Å². The summed E-state index contributed by atoms with van der Waals surface area (Å²) in [5.41, 5.74) is 8.59. The maximum atomic E-state index is 11.8. The molecule has 0 atom stereocenters. The summed E-state index contributed by atoms with van der Waals surface area (Å²) in [4.78, 5) is 34.4. The first kappa shape index (κ1) is 27.1. The lowest BCUT2D eigenvalue weighted by Crippen LogP contribution is -2.45. The molecule has 0 saturated carbocycles. The minimum Gasteiger partial charge on any atom is -0.369 e. The molecule has 1 N–H and O–H groups in total. The summed E-state index contributed by atoms with van der Waals surface area (Å²) in [6.07, 6.45) is 6.31. The van der Waals surface area contributed by atoms with Gasteiger partial charge in [0, 0.05) is 68.3 Å². The number of pyridine rings is 1. The topological polar surface area (TPSA) is 86.1 Å². The van der Waals surface area contributed by atoms with Crippen LogP contribution in [0.1, 0.15) is 45.8 Å². The first-order valence-corrected chi connectivity index (χ1v) is 14.5. The second-order valence-corrected chi connectivity index (χ2v) is 11.3. The van der Waals surface area contributed by atoms with E-state index in [-0.39, 0.29) is 0 Å². The molecular weight excluding hydrogens is 514 g/mol. The number of hydrogen-bond donors (Lipinski definition) is 1. The molecule has 0 unspecified atom stereocenters. The molecule has 9 heteroatoms. The number of nitrogens with one attached hydrogen (secondary N) is 1. The van der Waals surface area contributed by atoms with E-state index in [1.807, 2.05) is 23.8 Å². The van der Waals surface area contributed by atoms with Gasteiger partial charge in [0.15, 0.2) is 0 Å². The maximum absolute atomic E-state index is 11.8. The number of para-hydroxylation sites is 1. The first-order valence-electron chi connectivity index (χ1n) is 14.5. The standard InChI is InChI=1S/C32H37N7O2/c1-36-18-20-38(21-19-36)30-5-3-2-4-27(30)23-37-15-11-25(12-16-37)28-10-14-33-31-29(28)13-17-39(31)22-24-6-8-26(9-7-24)32(40)34-35-41/h2-10,13-14,17,25H,11-12,15-16,18-23H2,1H3,(H,34,40,41). The van der Waals surface area contributed by atoms with Crippen molar-refractivity contribution in [3.63, 3.8) is 0 Å². The Hall–Kier alpha value is -4.08. The molecule has 212 valence electrons. The number of piperazine rings is 1. The van der Waals surface area contributed by atoms with Gasteiger partial charge in [-0.3, -0.25) is 9.69 Å². The van der Waals surface area contributed by atoms with Crippen LogP contribution in [0.15, 0.2) is 78.3 Å². The molecular formula is C32H37N7O2. The number of fused-ring (bicyclic) bond motifs is 1. The molecule has 4 heterocycles. The maximum Gasteiger partial charge on any atom is 0.273 e. The highest BCUT2D eigenvalue weighted by molar-refractivity contribution is 5.93. The van der Waals surface area contributed by atoms with Gasteiger partial charge in [0.2, 0.25) is 0 Å². The molecule has 2 fully saturated rings. The number of piperidine rings is 1. The van der Waals surface area contributed by atoms with E-state index in [9.17, 15) is 9.70 Å². The summed E-state index contributed by atoms with van der Waals surface area (Å²) >= 11 is 0. The Morgan fingerprint density at radius 1 is 0.927 bits per heavy atom. The molecule has 1 amide bonds. The highest BCUT2D eigenvalue weighted by Gasteiger charge is 2.24. The summed E-state index contributed by atoms with van der Waals surface area (Å²) in [5, 5.41) is 3.68. The summed E-state index contributed by atoms with van der Waals surface area (Å²) < 4.78 is 2.16. The van der Waals surface area contributed by atoms with Crippen molar-refractivity contribution in [1.82, 2.24) is 24.8 Å². The molecule has 0 bridgehead atoms. The molecule has 0 spiro atoms. The molecule has 41 heavy (non-hydrogen) atoms. The molecule has 2 aliphatic heterocycles. The fourth-order valence-corrected chi connectivity index (χ4v) is 6.30. The number of carbonyl (C=O) groups is 1. The molecule has 0 radical (unpaired) electrons. The number of hydrogen-bond acceptors (Lipinski definition) is 7. The number of carbonyl (C=O) groups excluding carboxylic acids is 1. The SMILES string of the molecule is CN1CCN(c2ccccc2CN2CCC(c3ccnc4c3ccn4Cc3ccc(C(=O)NN=O)cc3)CC2)CC1. The molecule has 2 aromatic carbocycles. The quantitative estimate of drug-likeness (QED) is 0.254. The Morgan fingerprint density at radius 2 is 1.68 bits per heavy atom. The number of nitrogens with zero attached hydrogens (tertiary/aromatic N) is 6. The second kappa shape index (κ2) is 12.2. The zero-order valence-electron chi connectivity index (χ0n) is 23.6. The molecule has 2 aliphatic rings. The minimum absolute atomic E-state index is 0.403. The van der Waals surface area contributed by atoms with Crippen LogP contribution in [0.4, 0.5) is 5.69 Å². The zero-order chi connectivity index (χ0) is 28.2. The van der Waals surface area contributed by atoms with Crippen molar-refractivity contribution in [3.8, 4) is 0 Å². The Morgan fingerprint density at radius 3 is 2.44 bits per heavy atom. The number of anilines is 1. The summed E-state index contributed by atoms with van der Waals surface area (Å²) in [5.74, 6) is 0.0132. The Labute approximate surface area is 240 Å². The van der Waals surface area contributed by atoms with Gasteiger partial charge in [-0.25, -0.2) is 10.4 Å². The van der Waals surface area contributed by atoms with Gasteiger partial charge in [-0.2, -0.15) is 0 Å². The van der Waals surface area contributed by atoms with Crippen molar-refractivity contribution >= 4 is 22.6 Å². The van der Waals surface area contributed by atoms with Crippen LogP contribution in [0.5, 0.6) is 0 Å². The van der Waals surface area contributed by atoms with Crippen LogP contribution in [0.2, 0.25) is 0 Å². The van der Waals surface area contributed by atoms with Gasteiger partial charge in [-0.1, -0.05) is 30.3 Å². The average Bonchev–Trinajstić information content (AvgIpc) is 3.42. The van der Waals surface area contributed by atoms with Crippen LogP contribution in [0.3, 0.4) is 0 Å². The van der Waals surface area contributed by atoms with Gasteiger partial charge in [0.05, 0.1) is 5.29 Å². The van der Waals surface area contributed by atoms with Crippen LogP contribution in [0.25, 0.3) is 11.0 Å². The second-order valence-electron chi connectivity index (χ2n) is 11.3. The van der Waals surface area contributed by atoms with E-state index in [0.29, 0.717) is 18.0 Å². The minimum atomic E-state index is -0.505. The monoisotopic (exact) mass is 551 g/mol. The molecule has 2 saturated heterocycles. The van der Waals surface area contributed by atoms with Gasteiger partial charge >= 0.3 is 0 Å². The van der Waals surface area contributed by atoms with Gasteiger partial charge in [-0.05, 0) is 85.9 Å². The predicted octanol–water partition coefficient (Wildman–Crippen LogP) is 4.63. The number of likely N-dealkylation sites (N-methyl/N-ethyl adjacent to an activating group) is 1. The van der Waals surface area contributed by atoms with E-state index in [0.717, 1.165) is 69.9 Å². The van der Waals surface area contributed by atoms with Crippen LogP contribution >= 0.6 is 0 Å². The van der Waals surface area contributed by atoms with Crippen molar-refractivity contribution in [2.45, 2.75) is 31.8 Å². The number of aromatic nitrogens is 2. The van der Waals surface area contributed by atoms with Crippen molar-refractivity contribution in [2.75, 3.05) is 51.2 Å². The van der Waals surface area contributed by atoms with E-state index >= 15 is 0 Å². The van der Waals surface area contributed by atoms with Crippen molar-refractivity contribution < 1.29 is 4.79 Å². The van der Waals surface area contributed by atoms with Crippen LogP contribution < -0.4 is 10.3 Å². The highest BCUT2D eigenvalue weighted by Crippen LogP contribution is 2.34. The largest absolute Gasteiger partial charge is 0.369 e. The highest BCUT2D eigenvalue weighted by atomic mass is 16.3. The summed E-state index contributed by atoms with van der Waals surface area (Å²) in [6, 6.07) is 20.5. The summed E-state index contributed by atoms with van der Waals surface area (Å²) in [6.45, 7) is 8.25. The fraction of sp³-hybridized carbons (Fsp3) is 0.375. The van der Waals surface area contributed by atoms with E-state index in [2.05, 4.69) is 74.2 Å². The van der Waals surface area contributed by atoms with Gasteiger partial charge in [-0.15, -0.1) is 4.91 Å². The number of likely N-dealkylation sites (tertiary alicyclic amines) is 1. The molecule has 2 aromatic heterocycles. The van der Waals surface area contributed by atoms with Crippen LogP contribution in [-0.4, -0.2) is 71.6 Å². The predicted molar refractivity (Wildman–Crippen MR) is 162 cm³/mol. The molecule has 0 aliphatic carbocycles. The number of benzene rings is 2. The normalized spacial score (nSPS) is 17.1. The summed E-state index contributed by atoms with van der Waals surface area (Å²) in [7, 11) is 2.21. The fourth-order valence-electron chi connectivity index (χ4n) is 6.30. The van der Waals surface area contributed by atoms with Gasteiger partial charge in [0.25, 0.3) is 5.91 Å².